The number of nitrogens with zero attached hydrogens (tertiary/aromatic N) is 1. The van der Waals surface area contributed by atoms with Crippen LogP contribution in [0.5, 0.6) is 5.75 Å². The second kappa shape index (κ2) is 5.65. The highest BCUT2D eigenvalue weighted by molar-refractivity contribution is 6.09. The van der Waals surface area contributed by atoms with Gasteiger partial charge in [0.2, 0.25) is 0 Å². The normalized spacial score (nSPS) is 10.3. The molecule has 0 spiro atoms. The summed E-state index contributed by atoms with van der Waals surface area (Å²) >= 11 is 0. The number of anilines is 2. The number of phenols is 1. The Hall–Kier alpha value is -2.49. The van der Waals surface area contributed by atoms with Crippen LogP contribution in [0, 0.1) is 6.92 Å². The van der Waals surface area contributed by atoms with Crippen LogP contribution < -0.4 is 10.6 Å². The van der Waals surface area contributed by atoms with Gasteiger partial charge < -0.3 is 15.7 Å². The SMILES string of the molecule is CCN(C(=O)c1cccc(C)c1O)c1ccccc1N. The molecule has 3 N–H and O–H groups in total. The zero-order chi connectivity index (χ0) is 14.7. The van der Waals surface area contributed by atoms with Gasteiger partial charge in [-0.2, -0.15) is 0 Å². The van der Waals surface area contributed by atoms with Gasteiger partial charge >= 0.3 is 0 Å². The van der Waals surface area contributed by atoms with E-state index in [9.17, 15) is 9.90 Å². The van der Waals surface area contributed by atoms with E-state index in [0.29, 0.717) is 23.5 Å². The van der Waals surface area contributed by atoms with Gasteiger partial charge in [-0.05, 0) is 37.6 Å². The summed E-state index contributed by atoms with van der Waals surface area (Å²) in [5.74, 6) is -0.239. The molecule has 20 heavy (non-hydrogen) atoms. The van der Waals surface area contributed by atoms with Crippen molar-refractivity contribution in [3.8, 4) is 5.75 Å². The minimum Gasteiger partial charge on any atom is -0.507 e. The van der Waals surface area contributed by atoms with E-state index in [1.807, 2.05) is 19.1 Å². The molecule has 104 valence electrons. The molecule has 0 heterocycles. The molecule has 0 fully saturated rings. The lowest BCUT2D eigenvalue weighted by molar-refractivity contribution is 0.0985. The maximum Gasteiger partial charge on any atom is 0.262 e. The van der Waals surface area contributed by atoms with Gasteiger partial charge in [-0.3, -0.25) is 4.79 Å². The predicted molar refractivity (Wildman–Crippen MR) is 81.0 cm³/mol. The summed E-state index contributed by atoms with van der Waals surface area (Å²) in [5.41, 5.74) is 8.08. The lowest BCUT2D eigenvalue weighted by Gasteiger charge is -2.23. The van der Waals surface area contributed by atoms with Gasteiger partial charge in [-0.25, -0.2) is 0 Å². The smallest absolute Gasteiger partial charge is 0.262 e. The van der Waals surface area contributed by atoms with Gasteiger partial charge in [0.25, 0.3) is 5.91 Å². The lowest BCUT2D eigenvalue weighted by atomic mass is 10.1. The average molecular weight is 270 g/mol. The first-order chi connectivity index (χ1) is 9.56. The molecule has 0 atom stereocenters. The summed E-state index contributed by atoms with van der Waals surface area (Å²) in [6.45, 7) is 4.11. The Kier molecular flexibility index (Phi) is 3.94. The summed E-state index contributed by atoms with van der Waals surface area (Å²) < 4.78 is 0. The molecular weight excluding hydrogens is 252 g/mol. The van der Waals surface area contributed by atoms with Crippen LogP contribution in [0.1, 0.15) is 22.8 Å². The van der Waals surface area contributed by atoms with Crippen LogP contribution in [0.15, 0.2) is 42.5 Å². The molecule has 1 amide bonds. The van der Waals surface area contributed by atoms with Gasteiger partial charge in [0.05, 0.1) is 16.9 Å². The van der Waals surface area contributed by atoms with E-state index < -0.39 is 0 Å². The summed E-state index contributed by atoms with van der Waals surface area (Å²) in [6.07, 6.45) is 0. The second-order valence-electron chi connectivity index (χ2n) is 4.58. The van der Waals surface area contributed by atoms with Gasteiger partial charge in [0.15, 0.2) is 0 Å². The maximum atomic E-state index is 12.6. The van der Waals surface area contributed by atoms with E-state index in [1.165, 1.54) is 0 Å². The third-order valence-electron chi connectivity index (χ3n) is 3.26. The number of nitrogen functional groups attached to an aromatic ring is 1. The molecule has 0 unspecified atom stereocenters. The van der Waals surface area contributed by atoms with E-state index in [0.717, 1.165) is 0 Å². The van der Waals surface area contributed by atoms with E-state index in [-0.39, 0.29) is 17.2 Å². The van der Waals surface area contributed by atoms with E-state index in [4.69, 9.17) is 5.73 Å². The van der Waals surface area contributed by atoms with Crippen LogP contribution in [0.25, 0.3) is 0 Å². The van der Waals surface area contributed by atoms with Crippen LogP contribution in [-0.2, 0) is 0 Å². The van der Waals surface area contributed by atoms with Crippen LogP contribution in [0.3, 0.4) is 0 Å². The monoisotopic (exact) mass is 270 g/mol. The summed E-state index contributed by atoms with van der Waals surface area (Å²) in [6, 6.07) is 12.3. The van der Waals surface area contributed by atoms with Gasteiger partial charge in [0.1, 0.15) is 5.75 Å². The third kappa shape index (κ3) is 2.45. The van der Waals surface area contributed by atoms with Crippen molar-refractivity contribution in [2.24, 2.45) is 0 Å². The van der Waals surface area contributed by atoms with Crippen molar-refractivity contribution in [3.63, 3.8) is 0 Å². The van der Waals surface area contributed by atoms with E-state index in [1.54, 1.807) is 42.2 Å². The number of benzene rings is 2. The largest absolute Gasteiger partial charge is 0.507 e. The van der Waals surface area contributed by atoms with Crippen LogP contribution >= 0.6 is 0 Å². The molecular formula is C16H18N2O2. The number of carbonyl (C=O) groups excluding carboxylic acids is 1. The van der Waals surface area contributed by atoms with Gasteiger partial charge in [0, 0.05) is 6.54 Å². The Balaban J connectivity index is 2.45. The van der Waals surface area contributed by atoms with Gasteiger partial charge in [-0.15, -0.1) is 0 Å². The molecule has 0 aliphatic heterocycles. The zero-order valence-corrected chi connectivity index (χ0v) is 11.6. The third-order valence-corrected chi connectivity index (χ3v) is 3.26. The number of rotatable bonds is 3. The number of hydrogen-bond donors (Lipinski definition) is 2. The minimum atomic E-state index is -0.258. The summed E-state index contributed by atoms with van der Waals surface area (Å²) in [4.78, 5) is 14.2. The molecule has 2 aromatic rings. The van der Waals surface area contributed by atoms with Crippen molar-refractivity contribution >= 4 is 17.3 Å². The number of aryl methyl sites for hydroxylation is 1. The quantitative estimate of drug-likeness (QED) is 0.843. The standard InChI is InChI=1S/C16H18N2O2/c1-3-18(14-10-5-4-9-13(14)17)16(20)12-8-6-7-11(2)15(12)19/h4-10,19H,3,17H2,1-2H3. The van der Waals surface area contributed by atoms with Gasteiger partial charge in [-0.1, -0.05) is 24.3 Å². The Morgan fingerprint density at radius 3 is 2.55 bits per heavy atom. The Morgan fingerprint density at radius 1 is 1.20 bits per heavy atom. The topological polar surface area (TPSA) is 66.6 Å². The molecule has 0 saturated carbocycles. The van der Waals surface area contributed by atoms with E-state index in [2.05, 4.69) is 0 Å². The van der Waals surface area contributed by atoms with Crippen molar-refractivity contribution in [2.75, 3.05) is 17.2 Å². The number of carbonyl (C=O) groups is 1. The number of para-hydroxylation sites is 3. The second-order valence-corrected chi connectivity index (χ2v) is 4.58. The van der Waals surface area contributed by atoms with Crippen LogP contribution in [-0.4, -0.2) is 17.6 Å². The van der Waals surface area contributed by atoms with Crippen molar-refractivity contribution in [1.29, 1.82) is 0 Å². The maximum absolute atomic E-state index is 12.6. The minimum absolute atomic E-state index is 0.0189. The predicted octanol–water partition coefficient (Wildman–Crippen LogP) is 2.95. The molecule has 2 aromatic carbocycles. The fraction of sp³-hybridized carbons (Fsp3) is 0.188. The first-order valence-electron chi connectivity index (χ1n) is 6.51. The first kappa shape index (κ1) is 13.9. The first-order valence-corrected chi connectivity index (χ1v) is 6.51. The van der Waals surface area contributed by atoms with Crippen LogP contribution in [0.2, 0.25) is 0 Å². The number of hydrogen-bond acceptors (Lipinski definition) is 3. The van der Waals surface area contributed by atoms with Crippen LogP contribution in [0.4, 0.5) is 11.4 Å². The number of aromatic hydroxyl groups is 1. The molecule has 0 radical (unpaired) electrons. The summed E-state index contributed by atoms with van der Waals surface area (Å²) in [7, 11) is 0. The Labute approximate surface area is 118 Å². The molecule has 0 aromatic heterocycles. The van der Waals surface area contributed by atoms with Crippen molar-refractivity contribution in [3.05, 3.63) is 53.6 Å². The summed E-state index contributed by atoms with van der Waals surface area (Å²) in [5, 5.41) is 10.0. The molecule has 0 bridgehead atoms. The van der Waals surface area contributed by atoms with E-state index >= 15 is 0 Å². The molecule has 2 rings (SSSR count). The zero-order valence-electron chi connectivity index (χ0n) is 11.6. The highest BCUT2D eigenvalue weighted by atomic mass is 16.3. The molecule has 4 nitrogen and oxygen atoms in total. The van der Waals surface area contributed by atoms with Crippen molar-refractivity contribution in [2.45, 2.75) is 13.8 Å². The molecule has 0 aliphatic rings. The Morgan fingerprint density at radius 2 is 1.90 bits per heavy atom. The fourth-order valence-electron chi connectivity index (χ4n) is 2.13. The Bertz CT molecular complexity index is 638. The average Bonchev–Trinajstić information content (AvgIpc) is 2.44. The lowest BCUT2D eigenvalue weighted by Crippen LogP contribution is -2.31. The molecule has 0 aliphatic carbocycles. The fourth-order valence-corrected chi connectivity index (χ4v) is 2.13. The number of phenolic OH excluding ortho intramolecular Hbond substituents is 1. The highest BCUT2D eigenvalue weighted by Gasteiger charge is 2.21. The molecule has 4 heteroatoms. The van der Waals surface area contributed by atoms with Crippen molar-refractivity contribution in [1.82, 2.24) is 0 Å². The molecule has 0 saturated heterocycles. The van der Waals surface area contributed by atoms with Crippen molar-refractivity contribution < 1.29 is 9.90 Å². The number of amides is 1. The highest BCUT2D eigenvalue weighted by Crippen LogP contribution is 2.28. The number of nitrogens with two attached hydrogens (primary N) is 1.